The Kier molecular flexibility index (Phi) is 5.77. The zero-order chi connectivity index (χ0) is 19.4. The minimum Gasteiger partial charge on any atom is -0.465 e. The number of hydrogen-bond donors (Lipinski definition) is 0. The Morgan fingerprint density at radius 2 is 1.74 bits per heavy atom. The van der Waals surface area contributed by atoms with E-state index >= 15 is 0 Å². The lowest BCUT2D eigenvalue weighted by Crippen LogP contribution is -2.24. The molecule has 0 aliphatic rings. The Labute approximate surface area is 163 Å². The normalized spacial score (nSPS) is 10.6. The third-order valence-electron chi connectivity index (χ3n) is 4.60. The monoisotopic (exact) mass is 381 g/mol. The number of carbonyl (C=O) groups excluding carboxylic acids is 1. The van der Waals surface area contributed by atoms with Gasteiger partial charge in [0.15, 0.2) is 0 Å². The number of carbonyl (C=O) groups is 1. The molecule has 0 N–H and O–H groups in total. The highest BCUT2D eigenvalue weighted by Crippen LogP contribution is 2.24. The highest BCUT2D eigenvalue weighted by Gasteiger charge is 2.12. The maximum Gasteiger partial charge on any atom is 0.337 e. The van der Waals surface area contributed by atoms with Crippen LogP contribution in [-0.4, -0.2) is 17.6 Å². The van der Waals surface area contributed by atoms with E-state index < -0.39 is 0 Å². The summed E-state index contributed by atoms with van der Waals surface area (Å²) < 4.78 is 6.41. The number of benzene rings is 2. The van der Waals surface area contributed by atoms with Crippen LogP contribution >= 0.6 is 11.6 Å². The molecule has 0 amide bonds. The van der Waals surface area contributed by atoms with E-state index in [9.17, 15) is 9.59 Å². The summed E-state index contributed by atoms with van der Waals surface area (Å²) in [6, 6.07) is 18.8. The van der Waals surface area contributed by atoms with Crippen molar-refractivity contribution in [1.82, 2.24) is 4.57 Å². The molecule has 4 nitrogen and oxygen atoms in total. The molecule has 3 aromatic rings. The maximum atomic E-state index is 12.5. The first kappa shape index (κ1) is 18.9. The Morgan fingerprint density at radius 3 is 2.37 bits per heavy atom. The van der Waals surface area contributed by atoms with Crippen LogP contribution in [-0.2, 0) is 17.7 Å². The fourth-order valence-corrected chi connectivity index (χ4v) is 3.28. The van der Waals surface area contributed by atoms with Crippen LogP contribution < -0.4 is 5.56 Å². The van der Waals surface area contributed by atoms with Crippen molar-refractivity contribution in [3.63, 3.8) is 0 Å². The first-order valence-corrected chi connectivity index (χ1v) is 9.01. The molecule has 0 saturated carbocycles. The predicted octanol–water partition coefficient (Wildman–Crippen LogP) is 4.51. The second-order valence-electron chi connectivity index (χ2n) is 6.25. The van der Waals surface area contributed by atoms with Crippen LogP contribution in [0.25, 0.3) is 11.1 Å². The van der Waals surface area contributed by atoms with Crippen molar-refractivity contribution in [1.29, 1.82) is 0 Å². The molecule has 0 unspecified atom stereocenters. The molecule has 1 heterocycles. The third kappa shape index (κ3) is 4.12. The summed E-state index contributed by atoms with van der Waals surface area (Å²) in [5, 5.41) is 0.209. The molecule has 2 aromatic carbocycles. The van der Waals surface area contributed by atoms with Gasteiger partial charge >= 0.3 is 5.97 Å². The van der Waals surface area contributed by atoms with Crippen molar-refractivity contribution in [2.45, 2.75) is 19.9 Å². The van der Waals surface area contributed by atoms with Crippen molar-refractivity contribution in [3.05, 3.63) is 92.9 Å². The van der Waals surface area contributed by atoms with Gasteiger partial charge in [0.25, 0.3) is 5.56 Å². The van der Waals surface area contributed by atoms with Crippen molar-refractivity contribution < 1.29 is 9.53 Å². The molecule has 0 aliphatic carbocycles. The summed E-state index contributed by atoms with van der Waals surface area (Å²) in [5.74, 6) is -0.365. The van der Waals surface area contributed by atoms with Crippen LogP contribution in [0.15, 0.2) is 65.5 Å². The Morgan fingerprint density at radius 1 is 1.07 bits per heavy atom. The summed E-state index contributed by atoms with van der Waals surface area (Å²) in [7, 11) is 1.36. The van der Waals surface area contributed by atoms with E-state index in [0.717, 1.165) is 22.4 Å². The second kappa shape index (κ2) is 8.23. The van der Waals surface area contributed by atoms with Crippen LogP contribution in [0.3, 0.4) is 0 Å². The SMILES string of the molecule is COC(=O)c1ccc(CCn2c(C)c(-c3ccccc3)cc(Cl)c2=O)cc1. The fraction of sp³-hybridized carbons (Fsp3) is 0.182. The molecule has 0 aliphatic heterocycles. The van der Waals surface area contributed by atoms with E-state index in [1.807, 2.05) is 49.4 Å². The standard InChI is InChI=1S/C22H20ClNO3/c1-15-19(17-6-4-3-5-7-17)14-20(23)21(25)24(15)13-12-16-8-10-18(11-9-16)22(26)27-2/h3-11,14H,12-13H2,1-2H3. The molecule has 0 spiro atoms. The van der Waals surface area contributed by atoms with Gasteiger partial charge in [-0.2, -0.15) is 0 Å². The van der Waals surface area contributed by atoms with E-state index in [1.54, 1.807) is 22.8 Å². The number of methoxy groups -OCH3 is 1. The number of aryl methyl sites for hydroxylation is 1. The number of halogens is 1. The van der Waals surface area contributed by atoms with Gasteiger partial charge < -0.3 is 9.30 Å². The van der Waals surface area contributed by atoms with Gasteiger partial charge in [0.1, 0.15) is 5.02 Å². The molecule has 0 radical (unpaired) electrons. The number of hydrogen-bond acceptors (Lipinski definition) is 3. The van der Waals surface area contributed by atoms with Gasteiger partial charge in [-0.15, -0.1) is 0 Å². The summed E-state index contributed by atoms with van der Waals surface area (Å²) in [5.41, 5.74) is 4.18. The minimum absolute atomic E-state index is 0.194. The first-order chi connectivity index (χ1) is 13.0. The summed E-state index contributed by atoms with van der Waals surface area (Å²) in [4.78, 5) is 24.1. The minimum atomic E-state index is -0.365. The highest BCUT2D eigenvalue weighted by molar-refractivity contribution is 6.30. The molecule has 27 heavy (non-hydrogen) atoms. The molecule has 0 atom stereocenters. The number of ether oxygens (including phenoxy) is 1. The van der Waals surface area contributed by atoms with Gasteiger partial charge in [-0.3, -0.25) is 4.79 Å². The number of nitrogens with zero attached hydrogens (tertiary/aromatic N) is 1. The maximum absolute atomic E-state index is 12.5. The number of pyridine rings is 1. The van der Waals surface area contributed by atoms with Gasteiger partial charge in [-0.1, -0.05) is 54.1 Å². The number of aromatic nitrogens is 1. The molecular weight excluding hydrogens is 362 g/mol. The number of esters is 1. The fourth-order valence-electron chi connectivity index (χ4n) is 3.06. The lowest BCUT2D eigenvalue weighted by Gasteiger charge is -2.15. The summed E-state index contributed by atoms with van der Waals surface area (Å²) in [6.45, 7) is 2.43. The summed E-state index contributed by atoms with van der Waals surface area (Å²) >= 11 is 6.21. The van der Waals surface area contributed by atoms with Gasteiger partial charge in [0, 0.05) is 17.8 Å². The van der Waals surface area contributed by atoms with E-state index in [-0.39, 0.29) is 16.6 Å². The zero-order valence-corrected chi connectivity index (χ0v) is 16.0. The Bertz CT molecular complexity index is 1010. The van der Waals surface area contributed by atoms with Crippen LogP contribution in [0.2, 0.25) is 5.02 Å². The highest BCUT2D eigenvalue weighted by atomic mass is 35.5. The van der Waals surface area contributed by atoms with E-state index in [0.29, 0.717) is 18.5 Å². The molecule has 3 rings (SSSR count). The average Bonchev–Trinajstić information content (AvgIpc) is 2.71. The molecule has 0 bridgehead atoms. The lowest BCUT2D eigenvalue weighted by molar-refractivity contribution is 0.0600. The van der Waals surface area contributed by atoms with E-state index in [1.165, 1.54) is 7.11 Å². The average molecular weight is 382 g/mol. The van der Waals surface area contributed by atoms with Crippen LogP contribution in [0.4, 0.5) is 0 Å². The smallest absolute Gasteiger partial charge is 0.337 e. The largest absolute Gasteiger partial charge is 0.465 e. The van der Waals surface area contributed by atoms with E-state index in [2.05, 4.69) is 0 Å². The van der Waals surface area contributed by atoms with Gasteiger partial charge in [0.2, 0.25) is 0 Å². The van der Waals surface area contributed by atoms with Crippen LogP contribution in [0, 0.1) is 6.92 Å². The predicted molar refractivity (Wildman–Crippen MR) is 107 cm³/mol. The van der Waals surface area contributed by atoms with Gasteiger partial charge in [-0.25, -0.2) is 4.79 Å². The molecule has 1 aromatic heterocycles. The molecule has 5 heteroatoms. The Hall–Kier alpha value is -2.85. The third-order valence-corrected chi connectivity index (χ3v) is 4.87. The number of rotatable bonds is 5. The topological polar surface area (TPSA) is 48.3 Å². The van der Waals surface area contributed by atoms with Crippen LogP contribution in [0.5, 0.6) is 0 Å². The Balaban J connectivity index is 1.88. The quantitative estimate of drug-likeness (QED) is 0.611. The van der Waals surface area contributed by atoms with Crippen molar-refractivity contribution in [2.24, 2.45) is 0 Å². The van der Waals surface area contributed by atoms with Crippen molar-refractivity contribution in [3.8, 4) is 11.1 Å². The lowest BCUT2D eigenvalue weighted by atomic mass is 10.0. The van der Waals surface area contributed by atoms with Crippen molar-refractivity contribution >= 4 is 17.6 Å². The zero-order valence-electron chi connectivity index (χ0n) is 15.2. The van der Waals surface area contributed by atoms with Crippen molar-refractivity contribution in [2.75, 3.05) is 7.11 Å². The molecular formula is C22H20ClNO3. The van der Waals surface area contributed by atoms with Crippen LogP contribution in [0.1, 0.15) is 21.6 Å². The van der Waals surface area contributed by atoms with E-state index in [4.69, 9.17) is 16.3 Å². The first-order valence-electron chi connectivity index (χ1n) is 8.64. The molecule has 0 fully saturated rings. The molecule has 0 saturated heterocycles. The molecule has 138 valence electrons. The second-order valence-corrected chi connectivity index (χ2v) is 6.66. The van der Waals surface area contributed by atoms with Gasteiger partial charge in [-0.05, 0) is 42.7 Å². The summed E-state index contributed by atoms with van der Waals surface area (Å²) in [6.07, 6.45) is 0.650. The van der Waals surface area contributed by atoms with Gasteiger partial charge in [0.05, 0.1) is 12.7 Å².